The number of nitrogens with one attached hydrogen (secondary N) is 1. The molecule has 0 spiro atoms. The number of hydrogen-bond donors (Lipinski definition) is 2. The lowest BCUT2D eigenvalue weighted by molar-refractivity contribution is 0.0389. The molecule has 42 heavy (non-hydrogen) atoms. The zero-order valence-corrected chi connectivity index (χ0v) is 25.4. The van der Waals surface area contributed by atoms with Crippen LogP contribution in [-0.4, -0.2) is 83.1 Å². The molecule has 0 aliphatic carbocycles. The second-order valence-corrected chi connectivity index (χ2v) is 13.9. The second kappa shape index (κ2) is 12.7. The van der Waals surface area contributed by atoms with Gasteiger partial charge >= 0.3 is 0 Å². The van der Waals surface area contributed by atoms with Gasteiger partial charge in [-0.3, -0.25) is 9.52 Å². The summed E-state index contributed by atoms with van der Waals surface area (Å²) in [6.45, 7) is 3.29. The number of hydrogen-bond acceptors (Lipinski definition) is 8. The van der Waals surface area contributed by atoms with Crippen molar-refractivity contribution < 1.29 is 36.2 Å². The maximum absolute atomic E-state index is 13.7. The Hall–Kier alpha value is -3.65. The summed E-state index contributed by atoms with van der Waals surface area (Å²) >= 11 is 0. The van der Waals surface area contributed by atoms with E-state index < -0.39 is 44.0 Å². The number of fused-ring (bicyclic) bond motifs is 1. The SMILES string of the molecule is COc1ccc(S(=O)(=O)Nc2cccc3c2O[C@H](CN(C)S(=O)(=O)c2ccccc2)[C@@H](C)CN([C@@H](C)CO)C3=O)cc1. The molecule has 4 rings (SSSR count). The van der Waals surface area contributed by atoms with Gasteiger partial charge < -0.3 is 19.5 Å². The van der Waals surface area contributed by atoms with E-state index in [9.17, 15) is 26.7 Å². The number of aliphatic hydroxyl groups excluding tert-OH is 1. The van der Waals surface area contributed by atoms with Crippen molar-refractivity contribution in [3.8, 4) is 11.5 Å². The number of carbonyl (C=O) groups excluding carboxylic acids is 1. The maximum Gasteiger partial charge on any atom is 0.262 e. The molecule has 0 saturated carbocycles. The molecule has 0 saturated heterocycles. The Morgan fingerprint density at radius 3 is 2.31 bits per heavy atom. The number of amides is 1. The Morgan fingerprint density at radius 1 is 1.02 bits per heavy atom. The van der Waals surface area contributed by atoms with Gasteiger partial charge in [0.2, 0.25) is 10.0 Å². The van der Waals surface area contributed by atoms with Gasteiger partial charge in [-0.25, -0.2) is 16.8 Å². The van der Waals surface area contributed by atoms with Crippen molar-refractivity contribution in [2.45, 2.75) is 35.8 Å². The number of para-hydroxylation sites is 1. The van der Waals surface area contributed by atoms with E-state index >= 15 is 0 Å². The predicted octanol–water partition coefficient (Wildman–Crippen LogP) is 3.04. The molecule has 0 aromatic heterocycles. The summed E-state index contributed by atoms with van der Waals surface area (Å²) in [7, 11) is -5.08. The Labute approximate surface area is 246 Å². The monoisotopic (exact) mass is 617 g/mol. The van der Waals surface area contributed by atoms with Crippen LogP contribution in [0.2, 0.25) is 0 Å². The standard InChI is InChI=1S/C29H35N3O8S2/c1-20-17-32(21(2)19-33)29(34)25-11-8-12-26(30-41(35,36)23-15-13-22(39-4)14-16-23)28(25)40-27(20)18-31(3)42(37,38)24-9-6-5-7-10-24/h5-16,20-21,27,30,33H,17-19H2,1-4H3/t20-,21-,27+/m0/s1. The van der Waals surface area contributed by atoms with Crippen LogP contribution in [0.25, 0.3) is 0 Å². The maximum atomic E-state index is 13.7. The second-order valence-electron chi connectivity index (χ2n) is 10.2. The molecule has 0 radical (unpaired) electrons. The third-order valence-corrected chi connectivity index (χ3v) is 10.4. The van der Waals surface area contributed by atoms with Crippen molar-refractivity contribution in [1.82, 2.24) is 9.21 Å². The molecular formula is C29H35N3O8S2. The summed E-state index contributed by atoms with van der Waals surface area (Å²) in [5.74, 6) is -0.405. The molecule has 3 atom stereocenters. The largest absolute Gasteiger partial charge is 0.497 e. The smallest absolute Gasteiger partial charge is 0.262 e. The number of likely N-dealkylation sites (N-methyl/N-ethyl adjacent to an activating group) is 1. The van der Waals surface area contributed by atoms with Gasteiger partial charge in [0.1, 0.15) is 11.9 Å². The molecule has 1 heterocycles. The van der Waals surface area contributed by atoms with Crippen LogP contribution in [0.15, 0.2) is 82.6 Å². The molecule has 13 heteroatoms. The minimum Gasteiger partial charge on any atom is -0.497 e. The van der Waals surface area contributed by atoms with Gasteiger partial charge in [-0.2, -0.15) is 4.31 Å². The van der Waals surface area contributed by atoms with E-state index in [1.807, 2.05) is 6.92 Å². The summed E-state index contributed by atoms with van der Waals surface area (Å²) in [5.41, 5.74) is 0.0941. The first-order valence-corrected chi connectivity index (χ1v) is 16.2. The topological polar surface area (TPSA) is 143 Å². The van der Waals surface area contributed by atoms with E-state index in [0.29, 0.717) is 5.75 Å². The fourth-order valence-electron chi connectivity index (χ4n) is 4.62. The van der Waals surface area contributed by atoms with Crippen molar-refractivity contribution in [1.29, 1.82) is 0 Å². The first-order chi connectivity index (χ1) is 19.9. The molecule has 0 unspecified atom stereocenters. The van der Waals surface area contributed by atoms with E-state index in [2.05, 4.69) is 4.72 Å². The van der Waals surface area contributed by atoms with Gasteiger partial charge in [0.15, 0.2) is 5.75 Å². The summed E-state index contributed by atoms with van der Waals surface area (Å²) in [6.07, 6.45) is -0.791. The van der Waals surface area contributed by atoms with Gasteiger partial charge in [0, 0.05) is 19.5 Å². The van der Waals surface area contributed by atoms with Gasteiger partial charge in [0.05, 0.1) is 47.3 Å². The minimum absolute atomic E-state index is 0.0148. The number of methoxy groups -OCH3 is 1. The molecule has 1 aliphatic rings. The van der Waals surface area contributed by atoms with Crippen molar-refractivity contribution in [2.24, 2.45) is 5.92 Å². The Bertz CT molecular complexity index is 1610. The Balaban J connectivity index is 1.75. The number of anilines is 1. The lowest BCUT2D eigenvalue weighted by Gasteiger charge is -2.38. The third kappa shape index (κ3) is 6.54. The van der Waals surface area contributed by atoms with Crippen LogP contribution in [0, 0.1) is 5.92 Å². The van der Waals surface area contributed by atoms with Crippen molar-refractivity contribution in [2.75, 3.05) is 38.6 Å². The molecule has 3 aromatic carbocycles. The lowest BCUT2D eigenvalue weighted by Crippen LogP contribution is -2.50. The van der Waals surface area contributed by atoms with Crippen molar-refractivity contribution >= 4 is 31.6 Å². The number of benzene rings is 3. The average Bonchev–Trinajstić information content (AvgIpc) is 2.99. The van der Waals surface area contributed by atoms with Crippen LogP contribution >= 0.6 is 0 Å². The van der Waals surface area contributed by atoms with E-state index in [1.165, 1.54) is 78.0 Å². The molecule has 2 N–H and O–H groups in total. The molecule has 0 bridgehead atoms. The fraction of sp³-hybridized carbons (Fsp3) is 0.345. The average molecular weight is 618 g/mol. The third-order valence-electron chi connectivity index (χ3n) is 7.19. The van der Waals surface area contributed by atoms with Gasteiger partial charge in [-0.05, 0) is 55.5 Å². The first kappa shape index (κ1) is 31.3. The lowest BCUT2D eigenvalue weighted by atomic mass is 9.99. The number of rotatable bonds is 10. The number of carbonyl (C=O) groups is 1. The minimum atomic E-state index is -4.11. The Kier molecular flexibility index (Phi) is 9.46. The van der Waals surface area contributed by atoms with Crippen LogP contribution in [0.5, 0.6) is 11.5 Å². The Morgan fingerprint density at radius 2 is 1.69 bits per heavy atom. The summed E-state index contributed by atoms with van der Waals surface area (Å²) in [4.78, 5) is 15.3. The molecule has 0 fully saturated rings. The highest BCUT2D eigenvalue weighted by Crippen LogP contribution is 2.36. The zero-order valence-electron chi connectivity index (χ0n) is 23.8. The van der Waals surface area contributed by atoms with Crippen LogP contribution in [0.3, 0.4) is 0 Å². The van der Waals surface area contributed by atoms with Crippen molar-refractivity contribution in [3.05, 3.63) is 78.4 Å². The van der Waals surface area contributed by atoms with Crippen LogP contribution in [-0.2, 0) is 20.0 Å². The molecule has 1 amide bonds. The molecule has 3 aromatic rings. The zero-order chi connectivity index (χ0) is 30.7. The number of sulfonamides is 2. The highest BCUT2D eigenvalue weighted by molar-refractivity contribution is 7.92. The molecule has 226 valence electrons. The van der Waals surface area contributed by atoms with Gasteiger partial charge in [-0.1, -0.05) is 31.2 Å². The first-order valence-electron chi connectivity index (χ1n) is 13.3. The molecule has 1 aliphatic heterocycles. The normalized spacial score (nSPS) is 18.4. The van der Waals surface area contributed by atoms with Gasteiger partial charge in [-0.15, -0.1) is 0 Å². The molecular weight excluding hydrogens is 582 g/mol. The van der Waals surface area contributed by atoms with Gasteiger partial charge in [0.25, 0.3) is 15.9 Å². The van der Waals surface area contributed by atoms with E-state index in [-0.39, 0.29) is 46.5 Å². The van der Waals surface area contributed by atoms with Crippen LogP contribution in [0.4, 0.5) is 5.69 Å². The quantitative estimate of drug-likeness (QED) is 0.354. The molecule has 11 nitrogen and oxygen atoms in total. The highest BCUT2D eigenvalue weighted by atomic mass is 32.2. The van der Waals surface area contributed by atoms with Crippen LogP contribution < -0.4 is 14.2 Å². The fourth-order valence-corrected chi connectivity index (χ4v) is 6.89. The summed E-state index contributed by atoms with van der Waals surface area (Å²) in [5, 5.41) is 9.90. The highest BCUT2D eigenvalue weighted by Gasteiger charge is 2.36. The predicted molar refractivity (Wildman–Crippen MR) is 158 cm³/mol. The number of ether oxygens (including phenoxy) is 2. The van der Waals surface area contributed by atoms with Crippen LogP contribution in [0.1, 0.15) is 24.2 Å². The van der Waals surface area contributed by atoms with Crippen molar-refractivity contribution in [3.63, 3.8) is 0 Å². The van der Waals surface area contributed by atoms with E-state index in [1.54, 1.807) is 25.1 Å². The summed E-state index contributed by atoms with van der Waals surface area (Å²) in [6, 6.07) is 17.7. The summed E-state index contributed by atoms with van der Waals surface area (Å²) < 4.78 is 68.5. The number of nitrogens with zero attached hydrogens (tertiary/aromatic N) is 2. The number of aliphatic hydroxyl groups is 1. The van der Waals surface area contributed by atoms with E-state index in [4.69, 9.17) is 9.47 Å². The van der Waals surface area contributed by atoms with E-state index in [0.717, 1.165) is 0 Å².